The zero-order valence-corrected chi connectivity index (χ0v) is 20.3. The second-order valence-corrected chi connectivity index (χ2v) is 9.92. The number of nitro groups is 1. The Morgan fingerprint density at radius 3 is 2.62 bits per heavy atom. The SMILES string of the molecule is CC(=O)C1C(C(=O)c2cccc([N+](=O)[O-])c2)C2(C(=O)Nc3ccccc32)C2C=Cc3cc(Cl)ccc3N12. The first-order valence-electron chi connectivity index (χ1n) is 11.7. The molecule has 1 spiro atoms. The minimum atomic E-state index is -1.44. The van der Waals surface area contributed by atoms with Crippen LogP contribution in [0.5, 0.6) is 0 Å². The molecule has 3 aliphatic heterocycles. The van der Waals surface area contributed by atoms with Crippen molar-refractivity contribution in [3.8, 4) is 0 Å². The molecule has 1 fully saturated rings. The van der Waals surface area contributed by atoms with Gasteiger partial charge in [0, 0.05) is 34.1 Å². The normalized spacial score (nSPS) is 24.9. The third-order valence-electron chi connectivity index (χ3n) is 7.64. The summed E-state index contributed by atoms with van der Waals surface area (Å²) in [7, 11) is 0. The van der Waals surface area contributed by atoms with E-state index >= 15 is 0 Å². The van der Waals surface area contributed by atoms with Crippen LogP contribution in [0.1, 0.15) is 28.4 Å². The monoisotopic (exact) mass is 513 g/mol. The van der Waals surface area contributed by atoms with Crippen molar-refractivity contribution in [2.24, 2.45) is 5.92 Å². The van der Waals surface area contributed by atoms with Crippen molar-refractivity contribution in [1.82, 2.24) is 0 Å². The van der Waals surface area contributed by atoms with Crippen LogP contribution >= 0.6 is 11.6 Å². The number of fused-ring (bicyclic) bond motifs is 6. The van der Waals surface area contributed by atoms with E-state index in [-0.39, 0.29) is 17.0 Å². The van der Waals surface area contributed by atoms with E-state index in [1.54, 1.807) is 42.5 Å². The molecule has 8 nitrogen and oxygen atoms in total. The van der Waals surface area contributed by atoms with E-state index in [9.17, 15) is 24.5 Å². The molecule has 0 aromatic heterocycles. The summed E-state index contributed by atoms with van der Waals surface area (Å²) >= 11 is 6.24. The molecule has 0 saturated carbocycles. The number of halogens is 1. The van der Waals surface area contributed by atoms with Crippen molar-refractivity contribution in [1.29, 1.82) is 0 Å². The number of Topliss-reactive ketones (excluding diaryl/α,β-unsaturated/α-hetero) is 2. The molecular formula is C28H20ClN3O5. The molecule has 37 heavy (non-hydrogen) atoms. The average Bonchev–Trinajstić information content (AvgIpc) is 3.36. The van der Waals surface area contributed by atoms with Gasteiger partial charge in [-0.2, -0.15) is 0 Å². The lowest BCUT2D eigenvalue weighted by atomic mass is 9.64. The maximum Gasteiger partial charge on any atom is 0.270 e. The molecule has 184 valence electrons. The summed E-state index contributed by atoms with van der Waals surface area (Å²) in [5.74, 6) is -2.33. The molecular weight excluding hydrogens is 494 g/mol. The largest absolute Gasteiger partial charge is 0.352 e. The number of nitro benzene ring substituents is 1. The van der Waals surface area contributed by atoms with Gasteiger partial charge in [0.1, 0.15) is 5.41 Å². The van der Waals surface area contributed by atoms with Gasteiger partial charge in [0.25, 0.3) is 5.69 Å². The highest BCUT2D eigenvalue weighted by atomic mass is 35.5. The van der Waals surface area contributed by atoms with E-state index < -0.39 is 40.0 Å². The highest BCUT2D eigenvalue weighted by Gasteiger charge is 2.69. The van der Waals surface area contributed by atoms with Gasteiger partial charge in [-0.3, -0.25) is 24.5 Å². The Hall–Kier alpha value is -4.30. The molecule has 0 bridgehead atoms. The number of non-ortho nitro benzene ring substituents is 1. The molecule has 1 N–H and O–H groups in total. The summed E-state index contributed by atoms with van der Waals surface area (Å²) in [6.45, 7) is 1.40. The van der Waals surface area contributed by atoms with Crippen LogP contribution in [0.25, 0.3) is 6.08 Å². The van der Waals surface area contributed by atoms with Crippen molar-refractivity contribution in [3.63, 3.8) is 0 Å². The third-order valence-corrected chi connectivity index (χ3v) is 7.87. The lowest BCUT2D eigenvalue weighted by Gasteiger charge is -2.37. The van der Waals surface area contributed by atoms with Crippen LogP contribution in [0.4, 0.5) is 17.1 Å². The number of carbonyl (C=O) groups excluding carboxylic acids is 3. The quantitative estimate of drug-likeness (QED) is 0.304. The summed E-state index contributed by atoms with van der Waals surface area (Å²) in [5.41, 5.74) is 1.02. The van der Waals surface area contributed by atoms with Crippen LogP contribution in [-0.4, -0.2) is 34.5 Å². The molecule has 0 aliphatic carbocycles. The Morgan fingerprint density at radius 1 is 1.08 bits per heavy atom. The molecule has 4 atom stereocenters. The molecule has 3 aromatic rings. The number of nitrogens with one attached hydrogen (secondary N) is 1. The zero-order valence-electron chi connectivity index (χ0n) is 19.6. The minimum absolute atomic E-state index is 0.0714. The van der Waals surface area contributed by atoms with E-state index in [2.05, 4.69) is 5.32 Å². The van der Waals surface area contributed by atoms with Gasteiger partial charge in [-0.1, -0.05) is 54.1 Å². The van der Waals surface area contributed by atoms with Crippen molar-refractivity contribution >= 4 is 52.2 Å². The number of nitrogens with zero attached hydrogens (tertiary/aromatic N) is 2. The maximum atomic E-state index is 14.3. The van der Waals surface area contributed by atoms with Crippen LogP contribution in [-0.2, 0) is 15.0 Å². The van der Waals surface area contributed by atoms with E-state index in [1.165, 1.54) is 31.2 Å². The molecule has 1 saturated heterocycles. The number of hydrogen-bond donors (Lipinski definition) is 1. The van der Waals surface area contributed by atoms with Gasteiger partial charge in [-0.05, 0) is 42.3 Å². The Bertz CT molecular complexity index is 1570. The minimum Gasteiger partial charge on any atom is -0.352 e. The fourth-order valence-corrected chi connectivity index (χ4v) is 6.44. The van der Waals surface area contributed by atoms with Gasteiger partial charge in [0.2, 0.25) is 5.91 Å². The molecule has 1 amide bonds. The summed E-state index contributed by atoms with van der Waals surface area (Å²) in [6.07, 6.45) is 3.70. The number of carbonyl (C=O) groups is 3. The van der Waals surface area contributed by atoms with Crippen molar-refractivity contribution < 1.29 is 19.3 Å². The fourth-order valence-electron chi connectivity index (χ4n) is 6.26. The van der Waals surface area contributed by atoms with Crippen LogP contribution < -0.4 is 10.2 Å². The van der Waals surface area contributed by atoms with E-state index in [1.807, 2.05) is 17.1 Å². The number of ketones is 2. The number of anilines is 2. The molecule has 3 aromatic carbocycles. The van der Waals surface area contributed by atoms with Crippen LogP contribution in [0.15, 0.2) is 72.8 Å². The lowest BCUT2D eigenvalue weighted by Crippen LogP contribution is -2.51. The number of para-hydroxylation sites is 1. The molecule has 0 radical (unpaired) electrons. The van der Waals surface area contributed by atoms with Gasteiger partial charge in [0.15, 0.2) is 11.6 Å². The highest BCUT2D eigenvalue weighted by molar-refractivity contribution is 6.31. The number of amides is 1. The second kappa shape index (κ2) is 8.11. The number of benzene rings is 3. The molecule has 4 unspecified atom stereocenters. The molecule has 3 heterocycles. The molecule has 3 aliphatic rings. The summed E-state index contributed by atoms with van der Waals surface area (Å²) in [4.78, 5) is 54.4. The van der Waals surface area contributed by atoms with Gasteiger partial charge in [-0.25, -0.2) is 0 Å². The highest BCUT2D eigenvalue weighted by Crippen LogP contribution is 2.57. The van der Waals surface area contributed by atoms with E-state index in [0.29, 0.717) is 22.0 Å². The molecule has 9 heteroatoms. The predicted molar refractivity (Wildman–Crippen MR) is 139 cm³/mol. The summed E-state index contributed by atoms with van der Waals surface area (Å²) in [6, 6.07) is 16.2. The Labute approximate surface area is 216 Å². The standard InChI is InChI=1S/C28H20ClN3O5/c1-15(33)25-24(26(34)17-5-4-6-19(14-17)32(36)37)28(20-7-2-3-8-21(20)30-27(28)35)23-12-9-16-13-18(29)10-11-22(16)31(23)25/h2-14,23-25H,1H3,(H,30,35). The third kappa shape index (κ3) is 3.12. The Morgan fingerprint density at radius 2 is 1.86 bits per heavy atom. The van der Waals surface area contributed by atoms with Gasteiger partial charge in [0.05, 0.1) is 22.9 Å². The van der Waals surface area contributed by atoms with Crippen molar-refractivity contribution in [2.75, 3.05) is 10.2 Å². The first-order valence-corrected chi connectivity index (χ1v) is 12.1. The van der Waals surface area contributed by atoms with Crippen LogP contribution in [0, 0.1) is 16.0 Å². The van der Waals surface area contributed by atoms with Crippen LogP contribution in [0.3, 0.4) is 0 Å². The number of hydrogen-bond acceptors (Lipinski definition) is 6. The maximum absolute atomic E-state index is 14.3. The van der Waals surface area contributed by atoms with Gasteiger partial charge in [-0.15, -0.1) is 0 Å². The Kier molecular flexibility index (Phi) is 5.07. The van der Waals surface area contributed by atoms with E-state index in [0.717, 1.165) is 5.56 Å². The molecule has 6 rings (SSSR count). The lowest BCUT2D eigenvalue weighted by molar-refractivity contribution is -0.384. The van der Waals surface area contributed by atoms with Crippen molar-refractivity contribution in [3.05, 3.63) is 105 Å². The van der Waals surface area contributed by atoms with E-state index in [4.69, 9.17) is 11.6 Å². The summed E-state index contributed by atoms with van der Waals surface area (Å²) < 4.78 is 0. The first-order chi connectivity index (χ1) is 17.7. The fraction of sp³-hybridized carbons (Fsp3) is 0.179. The smallest absolute Gasteiger partial charge is 0.270 e. The first kappa shape index (κ1) is 23.1. The van der Waals surface area contributed by atoms with Gasteiger partial charge < -0.3 is 10.2 Å². The number of rotatable bonds is 4. The summed E-state index contributed by atoms with van der Waals surface area (Å²) in [5, 5.41) is 14.9. The Balaban J connectivity index is 1.64. The van der Waals surface area contributed by atoms with Gasteiger partial charge >= 0.3 is 0 Å². The predicted octanol–water partition coefficient (Wildman–Crippen LogP) is 4.81. The topological polar surface area (TPSA) is 110 Å². The zero-order chi connectivity index (χ0) is 26.1. The van der Waals surface area contributed by atoms with Crippen molar-refractivity contribution in [2.45, 2.75) is 24.4 Å². The van der Waals surface area contributed by atoms with Crippen LogP contribution in [0.2, 0.25) is 5.02 Å². The average molecular weight is 514 g/mol. The second-order valence-electron chi connectivity index (χ2n) is 9.49.